The molecule has 1 aromatic carbocycles. The number of alkyl halides is 1. The van der Waals surface area contributed by atoms with Gasteiger partial charge in [0.15, 0.2) is 10.8 Å². The third-order valence-electron chi connectivity index (χ3n) is 5.15. The number of thioether (sulfide) groups is 1. The van der Waals surface area contributed by atoms with Crippen LogP contribution in [0.25, 0.3) is 0 Å². The highest BCUT2D eigenvalue weighted by molar-refractivity contribution is 8.00. The molecule has 1 aromatic rings. The van der Waals surface area contributed by atoms with Gasteiger partial charge in [-0.15, -0.1) is 23.4 Å². The van der Waals surface area contributed by atoms with E-state index < -0.39 is 45.9 Å². The van der Waals surface area contributed by atoms with Gasteiger partial charge in [-0.25, -0.2) is 0 Å². The Morgan fingerprint density at radius 1 is 1.09 bits per heavy atom. The van der Waals surface area contributed by atoms with Crippen LogP contribution < -0.4 is 5.32 Å². The summed E-state index contributed by atoms with van der Waals surface area (Å²) in [6.07, 6.45) is 0. The van der Waals surface area contributed by atoms with E-state index >= 15 is 0 Å². The van der Waals surface area contributed by atoms with E-state index in [-0.39, 0.29) is 23.6 Å². The molecule has 2 heterocycles. The van der Waals surface area contributed by atoms with Crippen LogP contribution >= 0.6 is 23.4 Å². The number of benzene rings is 1. The summed E-state index contributed by atoms with van der Waals surface area (Å²) >= 11 is 7.84. The number of ether oxygens (including phenoxy) is 2. The summed E-state index contributed by atoms with van der Waals surface area (Å²) < 4.78 is 10.9. The topological polar surface area (TPSA) is 102 Å². The number of halogens is 1. The molecule has 2 saturated heterocycles. The van der Waals surface area contributed by atoms with Crippen LogP contribution in [0.2, 0.25) is 0 Å². The van der Waals surface area contributed by atoms with E-state index in [0.717, 1.165) is 0 Å². The molecule has 1 N–H and O–H groups in total. The van der Waals surface area contributed by atoms with Gasteiger partial charge >= 0.3 is 11.9 Å². The SMILES string of the molecule is CC(C)(C)OC(=O)C(C(=O)NC1C(=O)N2CC(Cl)(C(=O)OC(C)(C)C)CS[C@H]12)c1ccccc1. The number of amides is 2. The minimum absolute atomic E-state index is 0.0134. The molecule has 2 amide bonds. The molecule has 0 aromatic heterocycles. The molecule has 34 heavy (non-hydrogen) atoms. The summed E-state index contributed by atoms with van der Waals surface area (Å²) in [6.45, 7) is 10.4. The molecule has 0 radical (unpaired) electrons. The van der Waals surface area contributed by atoms with E-state index in [9.17, 15) is 19.2 Å². The van der Waals surface area contributed by atoms with E-state index in [1.54, 1.807) is 71.9 Å². The normalized spacial score (nSPS) is 25.5. The van der Waals surface area contributed by atoms with Gasteiger partial charge in [0.1, 0.15) is 22.6 Å². The van der Waals surface area contributed by atoms with Gasteiger partial charge in [0.2, 0.25) is 11.8 Å². The van der Waals surface area contributed by atoms with E-state index in [2.05, 4.69) is 5.32 Å². The van der Waals surface area contributed by atoms with Crippen LogP contribution in [0.3, 0.4) is 0 Å². The summed E-state index contributed by atoms with van der Waals surface area (Å²) in [5, 5.41) is 2.33. The lowest BCUT2D eigenvalue weighted by Gasteiger charge is -2.52. The predicted octanol–water partition coefficient (Wildman–Crippen LogP) is 2.83. The number of nitrogens with one attached hydrogen (secondary N) is 1. The second-order valence-corrected chi connectivity index (χ2v) is 12.3. The molecule has 10 heteroatoms. The Morgan fingerprint density at radius 2 is 1.68 bits per heavy atom. The van der Waals surface area contributed by atoms with Crippen molar-refractivity contribution in [3.63, 3.8) is 0 Å². The first-order chi connectivity index (χ1) is 15.6. The largest absolute Gasteiger partial charge is 0.459 e. The molecule has 186 valence electrons. The molecule has 0 aliphatic carbocycles. The molecule has 4 atom stereocenters. The van der Waals surface area contributed by atoms with Crippen LogP contribution in [0.5, 0.6) is 0 Å². The van der Waals surface area contributed by atoms with Crippen molar-refractivity contribution in [2.45, 2.75) is 75.0 Å². The third kappa shape index (κ3) is 5.86. The number of β-lactam (4-membered cyclic amide) rings is 1. The van der Waals surface area contributed by atoms with Crippen LogP contribution in [-0.2, 0) is 28.7 Å². The Hall–Kier alpha value is -2.26. The molecule has 0 spiro atoms. The van der Waals surface area contributed by atoms with E-state index in [4.69, 9.17) is 21.1 Å². The van der Waals surface area contributed by atoms with Gasteiger partial charge in [0.05, 0.1) is 6.54 Å². The zero-order valence-corrected chi connectivity index (χ0v) is 21.8. The Morgan fingerprint density at radius 3 is 2.24 bits per heavy atom. The average Bonchev–Trinajstić information content (AvgIpc) is 2.70. The minimum atomic E-state index is -1.36. The monoisotopic (exact) mass is 510 g/mol. The van der Waals surface area contributed by atoms with Gasteiger partial charge in [0.25, 0.3) is 0 Å². The first-order valence-corrected chi connectivity index (χ1v) is 12.5. The fourth-order valence-corrected chi connectivity index (χ4v) is 5.41. The number of rotatable bonds is 5. The quantitative estimate of drug-likeness (QED) is 0.281. The molecule has 0 saturated carbocycles. The van der Waals surface area contributed by atoms with Gasteiger partial charge < -0.3 is 19.7 Å². The molecular weight excluding hydrogens is 480 g/mol. The number of esters is 2. The number of nitrogens with zero attached hydrogens (tertiary/aromatic N) is 1. The summed E-state index contributed by atoms with van der Waals surface area (Å²) in [5.74, 6) is -3.25. The highest BCUT2D eigenvalue weighted by atomic mass is 35.5. The summed E-state index contributed by atoms with van der Waals surface area (Å²) in [5.41, 5.74) is -1.01. The van der Waals surface area contributed by atoms with Crippen LogP contribution in [0, 0.1) is 0 Å². The lowest BCUT2D eigenvalue weighted by atomic mass is 9.96. The molecule has 8 nitrogen and oxygen atoms in total. The van der Waals surface area contributed by atoms with Gasteiger partial charge in [-0.1, -0.05) is 30.3 Å². The van der Waals surface area contributed by atoms with Crippen LogP contribution in [0.15, 0.2) is 30.3 Å². The maximum absolute atomic E-state index is 13.2. The maximum atomic E-state index is 13.2. The summed E-state index contributed by atoms with van der Waals surface area (Å²) in [4.78, 5) is 51.6. The highest BCUT2D eigenvalue weighted by Gasteiger charge is 2.58. The number of carbonyl (C=O) groups is 4. The molecule has 3 unspecified atom stereocenters. The fourth-order valence-electron chi connectivity index (χ4n) is 3.67. The maximum Gasteiger partial charge on any atom is 0.330 e. The molecule has 2 aliphatic rings. The van der Waals surface area contributed by atoms with E-state index in [1.807, 2.05) is 0 Å². The number of hydrogen-bond acceptors (Lipinski definition) is 7. The Labute approximate surface area is 209 Å². The van der Waals surface area contributed by atoms with Crippen molar-refractivity contribution in [1.29, 1.82) is 0 Å². The van der Waals surface area contributed by atoms with Crippen molar-refractivity contribution in [3.05, 3.63) is 35.9 Å². The van der Waals surface area contributed by atoms with E-state index in [0.29, 0.717) is 5.56 Å². The Bertz CT molecular complexity index is 974. The highest BCUT2D eigenvalue weighted by Crippen LogP contribution is 2.42. The standard InChI is InChI=1S/C24H31ClN2O6S/c1-22(2,3)32-20(30)15(14-10-8-7-9-11-14)17(28)26-16-18(29)27-12-24(25,13-34-19(16)27)21(31)33-23(4,5)6/h7-11,15-16,19H,12-13H2,1-6H3,(H,26,28)/t15?,16?,19-,24?/m1/s1. The molecule has 0 bridgehead atoms. The molecule has 3 rings (SSSR count). The molecule has 2 fully saturated rings. The number of hydrogen-bond donors (Lipinski definition) is 1. The van der Waals surface area contributed by atoms with Crippen molar-refractivity contribution in [1.82, 2.24) is 10.2 Å². The number of fused-ring (bicyclic) bond motifs is 1. The lowest BCUT2D eigenvalue weighted by molar-refractivity contribution is -0.164. The first kappa shape index (κ1) is 26.3. The van der Waals surface area contributed by atoms with Crippen LogP contribution in [-0.4, -0.2) is 68.4 Å². The van der Waals surface area contributed by atoms with Crippen molar-refractivity contribution < 1.29 is 28.7 Å². The predicted molar refractivity (Wildman–Crippen MR) is 129 cm³/mol. The number of carbonyl (C=O) groups excluding carboxylic acids is 4. The summed E-state index contributed by atoms with van der Waals surface area (Å²) in [7, 11) is 0. The minimum Gasteiger partial charge on any atom is -0.459 e. The average molecular weight is 511 g/mol. The second kappa shape index (κ2) is 9.41. The zero-order valence-electron chi connectivity index (χ0n) is 20.2. The van der Waals surface area contributed by atoms with E-state index in [1.165, 1.54) is 16.7 Å². The van der Waals surface area contributed by atoms with Gasteiger partial charge in [-0.3, -0.25) is 19.2 Å². The second-order valence-electron chi connectivity index (χ2n) is 10.5. The smallest absolute Gasteiger partial charge is 0.330 e. The van der Waals surface area contributed by atoms with Crippen LogP contribution in [0.1, 0.15) is 53.0 Å². The summed E-state index contributed by atoms with van der Waals surface area (Å²) in [6, 6.07) is 7.74. The van der Waals surface area contributed by atoms with Gasteiger partial charge in [-0.2, -0.15) is 0 Å². The first-order valence-electron chi connectivity index (χ1n) is 11.0. The third-order valence-corrected chi connectivity index (χ3v) is 7.24. The Kier molecular flexibility index (Phi) is 7.30. The van der Waals surface area contributed by atoms with Crippen molar-refractivity contribution in [2.75, 3.05) is 12.3 Å². The van der Waals surface area contributed by atoms with Crippen molar-refractivity contribution in [2.24, 2.45) is 0 Å². The van der Waals surface area contributed by atoms with Gasteiger partial charge in [0, 0.05) is 5.75 Å². The fraction of sp³-hybridized carbons (Fsp3) is 0.583. The van der Waals surface area contributed by atoms with Crippen molar-refractivity contribution >= 4 is 47.1 Å². The molecule has 2 aliphatic heterocycles. The van der Waals surface area contributed by atoms with Crippen LogP contribution in [0.4, 0.5) is 0 Å². The lowest BCUT2D eigenvalue weighted by Crippen LogP contribution is -2.74. The molecular formula is C24H31ClN2O6S. The van der Waals surface area contributed by atoms with Gasteiger partial charge in [-0.05, 0) is 47.1 Å². The Balaban J connectivity index is 1.71. The zero-order chi connectivity index (χ0) is 25.5. The van der Waals surface area contributed by atoms with Crippen molar-refractivity contribution in [3.8, 4) is 0 Å².